The molecule has 0 unspecified atom stereocenters. The van der Waals surface area contributed by atoms with Crippen LogP contribution in [0.1, 0.15) is 35.2 Å². The van der Waals surface area contributed by atoms with Crippen molar-refractivity contribution in [1.29, 1.82) is 0 Å². The zero-order valence-corrected chi connectivity index (χ0v) is 17.5. The van der Waals surface area contributed by atoms with Gasteiger partial charge in [0.15, 0.2) is 5.82 Å². The number of aromatic nitrogens is 2. The fraction of sp³-hybridized carbons (Fsp3) is 0.421. The predicted octanol–water partition coefficient (Wildman–Crippen LogP) is 1.14. The summed E-state index contributed by atoms with van der Waals surface area (Å²) in [4.78, 5) is 24.6. The highest BCUT2D eigenvalue weighted by Gasteiger charge is 2.30. The Balaban J connectivity index is 1.53. The van der Waals surface area contributed by atoms with E-state index in [1.54, 1.807) is 7.05 Å². The summed E-state index contributed by atoms with van der Waals surface area (Å²) in [5.74, 6) is 0.373. The van der Waals surface area contributed by atoms with E-state index in [1.165, 1.54) is 33.3 Å². The van der Waals surface area contributed by atoms with Gasteiger partial charge in [-0.1, -0.05) is 6.92 Å². The Kier molecular flexibility index (Phi) is 5.35. The second kappa shape index (κ2) is 7.82. The molecule has 11 heteroatoms. The third kappa shape index (κ3) is 3.71. The molecule has 1 fully saturated rings. The fourth-order valence-electron chi connectivity index (χ4n) is 3.70. The summed E-state index contributed by atoms with van der Waals surface area (Å²) in [6.07, 6.45) is 0.315. The van der Waals surface area contributed by atoms with E-state index in [0.717, 1.165) is 5.56 Å². The van der Waals surface area contributed by atoms with E-state index in [0.29, 0.717) is 49.9 Å². The lowest BCUT2D eigenvalue weighted by Gasteiger charge is -2.26. The minimum atomic E-state index is -3.62. The number of aryl methyl sites for hydroxylation is 1. The number of morpholine rings is 1. The smallest absolute Gasteiger partial charge is 0.256 e. The summed E-state index contributed by atoms with van der Waals surface area (Å²) in [5, 5.41) is 9.87. The molecule has 30 heavy (non-hydrogen) atoms. The molecule has 0 bridgehead atoms. The third-order valence-corrected chi connectivity index (χ3v) is 7.20. The average Bonchev–Trinajstić information content (AvgIpc) is 3.04. The van der Waals surface area contributed by atoms with Gasteiger partial charge in [-0.15, -0.1) is 0 Å². The van der Waals surface area contributed by atoms with Crippen LogP contribution in [0.5, 0.6) is 0 Å². The van der Waals surface area contributed by atoms with Crippen LogP contribution in [0.2, 0.25) is 0 Å². The first-order chi connectivity index (χ1) is 14.3. The summed E-state index contributed by atoms with van der Waals surface area (Å²) in [5.41, 5.74) is 1.08. The van der Waals surface area contributed by atoms with Crippen LogP contribution in [0.25, 0.3) is 0 Å². The highest BCUT2D eigenvalue weighted by atomic mass is 32.2. The summed E-state index contributed by atoms with van der Waals surface area (Å²) < 4.78 is 33.5. The number of nitrogens with one attached hydrogen (secondary N) is 2. The van der Waals surface area contributed by atoms with Crippen molar-refractivity contribution in [1.82, 2.24) is 14.1 Å². The van der Waals surface area contributed by atoms with Crippen molar-refractivity contribution in [2.45, 2.75) is 24.2 Å². The van der Waals surface area contributed by atoms with E-state index in [4.69, 9.17) is 4.74 Å². The van der Waals surface area contributed by atoms with Gasteiger partial charge in [0.1, 0.15) is 5.82 Å². The molecule has 0 radical (unpaired) electrons. The van der Waals surface area contributed by atoms with Crippen molar-refractivity contribution in [3.63, 3.8) is 0 Å². The van der Waals surface area contributed by atoms with Crippen molar-refractivity contribution >= 4 is 33.5 Å². The number of fused-ring (bicyclic) bond motifs is 1. The average molecular weight is 433 g/mol. The lowest BCUT2D eigenvalue weighted by molar-refractivity contribution is -0.116. The van der Waals surface area contributed by atoms with Crippen LogP contribution >= 0.6 is 0 Å². The number of amides is 2. The van der Waals surface area contributed by atoms with Gasteiger partial charge in [-0.05, 0) is 30.2 Å². The van der Waals surface area contributed by atoms with Crippen molar-refractivity contribution in [2.75, 3.05) is 36.9 Å². The molecule has 1 aromatic heterocycles. The van der Waals surface area contributed by atoms with E-state index in [1.807, 2.05) is 6.92 Å². The van der Waals surface area contributed by atoms with Gasteiger partial charge in [0.2, 0.25) is 15.9 Å². The number of rotatable bonds is 4. The van der Waals surface area contributed by atoms with E-state index in [9.17, 15) is 18.0 Å². The van der Waals surface area contributed by atoms with Crippen LogP contribution in [-0.2, 0) is 26.6 Å². The number of hydrogen-bond acceptors (Lipinski definition) is 6. The summed E-state index contributed by atoms with van der Waals surface area (Å²) in [7, 11) is -1.93. The highest BCUT2D eigenvalue weighted by molar-refractivity contribution is 7.89. The van der Waals surface area contributed by atoms with Gasteiger partial charge in [0.25, 0.3) is 5.91 Å². The van der Waals surface area contributed by atoms with Crippen LogP contribution in [0.3, 0.4) is 0 Å². The largest absolute Gasteiger partial charge is 0.379 e. The summed E-state index contributed by atoms with van der Waals surface area (Å²) in [6.45, 7) is 3.26. The molecule has 1 saturated heterocycles. The Hall–Kier alpha value is -2.76. The normalized spacial score (nSPS) is 19.8. The van der Waals surface area contributed by atoms with Gasteiger partial charge in [0, 0.05) is 37.7 Å². The molecular formula is C19H23N5O5S. The van der Waals surface area contributed by atoms with Crippen molar-refractivity contribution < 1.29 is 22.7 Å². The molecule has 0 spiro atoms. The van der Waals surface area contributed by atoms with Gasteiger partial charge in [-0.2, -0.15) is 9.40 Å². The standard InChI is InChI=1S/C19H23N5O5S/c1-12-11-15(25)20-18-16(12)17(22-23(18)2)21-19(26)13-3-5-14(6-4-13)30(27,28)24-7-9-29-10-8-24/h3-6,12H,7-11H2,1-2H3,(H,20,25)(H,21,22,26)/t12-/m0/s1. The van der Waals surface area contributed by atoms with E-state index in [2.05, 4.69) is 15.7 Å². The Bertz CT molecular complexity index is 1090. The Morgan fingerprint density at radius 1 is 1.23 bits per heavy atom. The van der Waals surface area contributed by atoms with Gasteiger partial charge in [-0.3, -0.25) is 14.3 Å². The Morgan fingerprint density at radius 2 is 1.90 bits per heavy atom. The monoisotopic (exact) mass is 433 g/mol. The second-order valence-corrected chi connectivity index (χ2v) is 9.32. The SMILES string of the molecule is C[C@H]1CC(=O)Nc2c1c(NC(=O)c1ccc(S(=O)(=O)N3CCOCC3)cc1)nn2C. The number of ether oxygens (including phenoxy) is 1. The molecule has 2 aromatic rings. The molecule has 0 saturated carbocycles. The van der Waals surface area contributed by atoms with Crippen LogP contribution < -0.4 is 10.6 Å². The van der Waals surface area contributed by atoms with Gasteiger partial charge >= 0.3 is 0 Å². The van der Waals surface area contributed by atoms with Crippen LogP contribution in [0, 0.1) is 0 Å². The maximum absolute atomic E-state index is 12.7. The fourth-order valence-corrected chi connectivity index (χ4v) is 5.11. The number of carbonyl (C=O) groups excluding carboxylic acids is 2. The number of benzene rings is 1. The molecule has 4 rings (SSSR count). The molecule has 0 aliphatic carbocycles. The van der Waals surface area contributed by atoms with Gasteiger partial charge in [0.05, 0.1) is 18.1 Å². The minimum Gasteiger partial charge on any atom is -0.379 e. The van der Waals surface area contributed by atoms with E-state index >= 15 is 0 Å². The Morgan fingerprint density at radius 3 is 2.57 bits per heavy atom. The number of anilines is 2. The molecular weight excluding hydrogens is 410 g/mol. The van der Waals surface area contributed by atoms with Crippen molar-refractivity contribution in [2.24, 2.45) is 7.05 Å². The number of sulfonamides is 1. The number of nitrogens with zero attached hydrogens (tertiary/aromatic N) is 3. The van der Waals surface area contributed by atoms with E-state index in [-0.39, 0.29) is 16.7 Å². The first kappa shape index (κ1) is 20.5. The minimum absolute atomic E-state index is 0.0845. The zero-order chi connectivity index (χ0) is 21.5. The quantitative estimate of drug-likeness (QED) is 0.746. The maximum Gasteiger partial charge on any atom is 0.256 e. The first-order valence-electron chi connectivity index (χ1n) is 9.63. The predicted molar refractivity (Wildman–Crippen MR) is 109 cm³/mol. The second-order valence-electron chi connectivity index (χ2n) is 7.38. The topological polar surface area (TPSA) is 123 Å². The molecule has 1 aromatic carbocycles. The molecule has 2 aliphatic heterocycles. The zero-order valence-electron chi connectivity index (χ0n) is 16.7. The highest BCUT2D eigenvalue weighted by Crippen LogP contribution is 2.37. The first-order valence-corrected chi connectivity index (χ1v) is 11.1. The van der Waals surface area contributed by atoms with Crippen LogP contribution in [0.4, 0.5) is 11.6 Å². The lowest BCUT2D eigenvalue weighted by atomic mass is 9.95. The van der Waals surface area contributed by atoms with Crippen molar-refractivity contribution in [3.05, 3.63) is 35.4 Å². The Labute approximate surface area is 174 Å². The number of carbonyl (C=O) groups is 2. The van der Waals surface area contributed by atoms with Crippen LogP contribution in [-0.4, -0.2) is 60.6 Å². The molecule has 160 valence electrons. The van der Waals surface area contributed by atoms with Crippen LogP contribution in [0.15, 0.2) is 29.2 Å². The maximum atomic E-state index is 12.7. The van der Waals surface area contributed by atoms with Gasteiger partial charge < -0.3 is 15.4 Å². The molecule has 2 amide bonds. The molecule has 2 N–H and O–H groups in total. The summed E-state index contributed by atoms with van der Waals surface area (Å²) >= 11 is 0. The molecule has 10 nitrogen and oxygen atoms in total. The molecule has 1 atom stereocenters. The molecule has 3 heterocycles. The third-order valence-electron chi connectivity index (χ3n) is 5.28. The summed E-state index contributed by atoms with van der Waals surface area (Å²) in [6, 6.07) is 5.80. The lowest BCUT2D eigenvalue weighted by Crippen LogP contribution is -2.40. The molecule has 2 aliphatic rings. The van der Waals surface area contributed by atoms with E-state index < -0.39 is 15.9 Å². The number of hydrogen-bond donors (Lipinski definition) is 2. The van der Waals surface area contributed by atoms with Gasteiger partial charge in [-0.25, -0.2) is 8.42 Å². The van der Waals surface area contributed by atoms with Crippen molar-refractivity contribution in [3.8, 4) is 0 Å².